The molecule has 0 bridgehead atoms. The van der Waals surface area contributed by atoms with E-state index in [2.05, 4.69) is 12.2 Å². The number of rotatable bonds is 5. The van der Waals surface area contributed by atoms with Crippen LogP contribution < -0.4 is 5.32 Å². The summed E-state index contributed by atoms with van der Waals surface area (Å²) in [6.07, 6.45) is 1.01. The summed E-state index contributed by atoms with van der Waals surface area (Å²) in [5, 5.41) is 20.4. The Labute approximate surface area is 62.1 Å². The summed E-state index contributed by atoms with van der Waals surface area (Å²) in [7, 11) is 0. The monoisotopic (exact) mass is 147 g/mol. The van der Waals surface area contributed by atoms with Crippen molar-refractivity contribution in [1.29, 1.82) is 0 Å². The van der Waals surface area contributed by atoms with Crippen molar-refractivity contribution >= 4 is 0 Å². The third-order valence-electron chi connectivity index (χ3n) is 1.57. The predicted octanol–water partition coefficient (Wildman–Crippen LogP) is -0.272. The molecule has 0 fully saturated rings. The van der Waals surface area contributed by atoms with Gasteiger partial charge in [0.25, 0.3) is 0 Å². The predicted molar refractivity (Wildman–Crippen MR) is 40.8 cm³/mol. The molecule has 10 heavy (non-hydrogen) atoms. The average Bonchev–Trinajstić information content (AvgIpc) is 1.99. The van der Waals surface area contributed by atoms with Crippen LogP contribution in [0, 0.1) is 0 Å². The molecule has 3 nitrogen and oxygen atoms in total. The van der Waals surface area contributed by atoms with Crippen LogP contribution in [-0.4, -0.2) is 35.5 Å². The van der Waals surface area contributed by atoms with Crippen LogP contribution in [0.2, 0.25) is 0 Å². The molecule has 0 radical (unpaired) electrons. The zero-order valence-corrected chi connectivity index (χ0v) is 6.67. The lowest BCUT2D eigenvalue weighted by Gasteiger charge is -2.17. The Morgan fingerprint density at radius 3 is 2.10 bits per heavy atom. The van der Waals surface area contributed by atoms with Crippen molar-refractivity contribution in [3.63, 3.8) is 0 Å². The summed E-state index contributed by atoms with van der Waals surface area (Å²) < 4.78 is 0. The molecule has 0 aromatic rings. The topological polar surface area (TPSA) is 52.5 Å². The summed E-state index contributed by atoms with van der Waals surface area (Å²) in [5.74, 6) is 0. The van der Waals surface area contributed by atoms with Crippen molar-refractivity contribution in [2.24, 2.45) is 0 Å². The number of nitrogens with one attached hydrogen (secondary N) is 1. The van der Waals surface area contributed by atoms with Crippen LogP contribution in [0.4, 0.5) is 0 Å². The summed E-state index contributed by atoms with van der Waals surface area (Å²) in [5.41, 5.74) is 0. The van der Waals surface area contributed by atoms with Crippen LogP contribution in [0.1, 0.15) is 20.3 Å². The molecule has 3 N–H and O–H groups in total. The summed E-state index contributed by atoms with van der Waals surface area (Å²) in [6.45, 7) is 4.09. The quantitative estimate of drug-likeness (QED) is 0.501. The van der Waals surface area contributed by atoms with Crippen LogP contribution >= 0.6 is 0 Å². The van der Waals surface area contributed by atoms with Crippen molar-refractivity contribution in [1.82, 2.24) is 5.32 Å². The first-order valence-corrected chi connectivity index (χ1v) is 3.72. The van der Waals surface area contributed by atoms with Crippen molar-refractivity contribution in [2.45, 2.75) is 32.4 Å². The molecule has 0 amide bonds. The molecule has 0 saturated carbocycles. The Morgan fingerprint density at radius 1 is 1.30 bits per heavy atom. The highest BCUT2D eigenvalue weighted by molar-refractivity contribution is 4.67. The molecule has 0 unspecified atom stereocenters. The van der Waals surface area contributed by atoms with Crippen LogP contribution in [-0.2, 0) is 0 Å². The molecular weight excluding hydrogens is 130 g/mol. The number of hydrogen-bond acceptors (Lipinski definition) is 3. The van der Waals surface area contributed by atoms with E-state index in [0.29, 0.717) is 6.04 Å². The first-order valence-electron chi connectivity index (χ1n) is 3.72. The van der Waals surface area contributed by atoms with E-state index < -0.39 is 0 Å². The molecule has 0 aliphatic rings. The smallest absolute Gasteiger partial charge is 0.0607 e. The van der Waals surface area contributed by atoms with Gasteiger partial charge in [0.1, 0.15) is 0 Å². The van der Waals surface area contributed by atoms with Gasteiger partial charge >= 0.3 is 0 Å². The highest BCUT2D eigenvalue weighted by atomic mass is 16.3. The molecule has 62 valence electrons. The summed E-state index contributed by atoms with van der Waals surface area (Å²) in [4.78, 5) is 0. The average molecular weight is 147 g/mol. The van der Waals surface area contributed by atoms with E-state index in [-0.39, 0.29) is 19.3 Å². The van der Waals surface area contributed by atoms with Gasteiger partial charge in [-0.1, -0.05) is 6.92 Å². The second kappa shape index (κ2) is 5.65. The lowest BCUT2D eigenvalue weighted by molar-refractivity contribution is 0.163. The lowest BCUT2D eigenvalue weighted by atomic mass is 10.2. The summed E-state index contributed by atoms with van der Waals surface area (Å²) in [6, 6.07) is 0.208. The minimum Gasteiger partial charge on any atom is -0.395 e. The minimum absolute atomic E-state index is 0.000833. The Morgan fingerprint density at radius 2 is 1.80 bits per heavy atom. The summed E-state index contributed by atoms with van der Waals surface area (Å²) >= 11 is 0. The van der Waals surface area contributed by atoms with E-state index in [4.69, 9.17) is 10.2 Å². The van der Waals surface area contributed by atoms with E-state index >= 15 is 0 Å². The van der Waals surface area contributed by atoms with E-state index in [9.17, 15) is 0 Å². The fourth-order valence-corrected chi connectivity index (χ4v) is 0.683. The van der Waals surface area contributed by atoms with E-state index in [0.717, 1.165) is 6.42 Å². The molecule has 0 aliphatic carbocycles. The van der Waals surface area contributed by atoms with Gasteiger partial charge in [-0.2, -0.15) is 0 Å². The number of aliphatic hydroxyl groups is 2. The zero-order chi connectivity index (χ0) is 7.98. The number of hydrogen-bond donors (Lipinski definition) is 3. The lowest BCUT2D eigenvalue weighted by Crippen LogP contribution is -2.41. The minimum atomic E-state index is -0.157. The van der Waals surface area contributed by atoms with Crippen molar-refractivity contribution in [2.75, 3.05) is 13.2 Å². The third-order valence-corrected chi connectivity index (χ3v) is 1.57. The Balaban J connectivity index is 3.41. The van der Waals surface area contributed by atoms with Crippen LogP contribution in [0.15, 0.2) is 0 Å². The molecule has 0 aliphatic heterocycles. The second-order valence-electron chi connectivity index (χ2n) is 2.54. The Hall–Kier alpha value is -0.120. The molecule has 0 aromatic carbocycles. The molecule has 0 heterocycles. The van der Waals surface area contributed by atoms with Crippen LogP contribution in [0.25, 0.3) is 0 Å². The van der Waals surface area contributed by atoms with E-state index in [1.54, 1.807) is 0 Å². The van der Waals surface area contributed by atoms with Crippen molar-refractivity contribution in [3.05, 3.63) is 0 Å². The molecule has 0 spiro atoms. The number of aliphatic hydroxyl groups excluding tert-OH is 2. The fourth-order valence-electron chi connectivity index (χ4n) is 0.683. The van der Waals surface area contributed by atoms with Crippen molar-refractivity contribution in [3.8, 4) is 0 Å². The largest absolute Gasteiger partial charge is 0.395 e. The first kappa shape index (κ1) is 9.88. The molecule has 3 heteroatoms. The first-order chi connectivity index (χ1) is 4.74. The van der Waals surface area contributed by atoms with Crippen LogP contribution in [0.5, 0.6) is 0 Å². The van der Waals surface area contributed by atoms with E-state index in [1.165, 1.54) is 0 Å². The van der Waals surface area contributed by atoms with Gasteiger partial charge in [-0.25, -0.2) is 0 Å². The maximum Gasteiger partial charge on any atom is 0.0607 e. The zero-order valence-electron chi connectivity index (χ0n) is 6.67. The standard InChI is InChI=1S/C7H17NO2/c1-3-6(2)8-7(4-9)5-10/h6-10H,3-5H2,1-2H3/t6-/m1/s1. The second-order valence-corrected chi connectivity index (χ2v) is 2.54. The highest BCUT2D eigenvalue weighted by Crippen LogP contribution is 1.90. The van der Waals surface area contributed by atoms with Gasteiger partial charge in [-0.05, 0) is 13.3 Å². The Bertz CT molecular complexity index is 74.0. The van der Waals surface area contributed by atoms with Crippen molar-refractivity contribution < 1.29 is 10.2 Å². The van der Waals surface area contributed by atoms with Crippen LogP contribution in [0.3, 0.4) is 0 Å². The maximum absolute atomic E-state index is 8.65. The highest BCUT2D eigenvalue weighted by Gasteiger charge is 2.06. The van der Waals surface area contributed by atoms with Gasteiger partial charge in [0, 0.05) is 6.04 Å². The SMILES string of the molecule is CC[C@@H](C)NC(CO)CO. The van der Waals surface area contributed by atoms with Gasteiger partial charge in [-0.15, -0.1) is 0 Å². The Kier molecular flexibility index (Phi) is 5.58. The van der Waals surface area contributed by atoms with Gasteiger partial charge in [0.05, 0.1) is 19.3 Å². The van der Waals surface area contributed by atoms with Gasteiger partial charge < -0.3 is 15.5 Å². The molecule has 1 atom stereocenters. The maximum atomic E-state index is 8.65. The third kappa shape index (κ3) is 3.82. The van der Waals surface area contributed by atoms with Gasteiger partial charge in [-0.3, -0.25) is 0 Å². The fraction of sp³-hybridized carbons (Fsp3) is 1.00. The molecule has 0 aromatic heterocycles. The molecule has 0 saturated heterocycles. The normalized spacial score (nSPS) is 14.1. The molecular formula is C7H17NO2. The van der Waals surface area contributed by atoms with E-state index in [1.807, 2.05) is 6.92 Å². The van der Waals surface area contributed by atoms with Gasteiger partial charge in [0.2, 0.25) is 0 Å². The molecule has 0 rings (SSSR count). The van der Waals surface area contributed by atoms with Gasteiger partial charge in [0.15, 0.2) is 0 Å².